The zero-order valence-electron chi connectivity index (χ0n) is 9.93. The van der Waals surface area contributed by atoms with Gasteiger partial charge in [0.25, 0.3) is 0 Å². The highest BCUT2D eigenvalue weighted by Crippen LogP contribution is 2.15. The maximum Gasteiger partial charge on any atom is 0.243 e. The quantitative estimate of drug-likeness (QED) is 0.860. The Bertz CT molecular complexity index is 433. The van der Waals surface area contributed by atoms with Crippen LogP contribution in [0.4, 0.5) is 0 Å². The van der Waals surface area contributed by atoms with Crippen molar-refractivity contribution in [1.82, 2.24) is 10.2 Å². The van der Waals surface area contributed by atoms with Crippen LogP contribution >= 0.6 is 15.9 Å². The zero-order chi connectivity index (χ0) is 13.0. The third-order valence-electron chi connectivity index (χ3n) is 3.11. The van der Waals surface area contributed by atoms with Crippen LogP contribution in [0.25, 0.3) is 0 Å². The number of nitrogens with zero attached hydrogens (tertiary/aromatic N) is 1. The highest BCUT2D eigenvalue weighted by Gasteiger charge is 2.29. The molecule has 96 valence electrons. The number of nitrogens with one attached hydrogen (secondary N) is 1. The molecule has 1 aliphatic rings. The molecule has 1 unspecified atom stereocenters. The first-order valence-corrected chi connectivity index (χ1v) is 6.73. The Morgan fingerprint density at radius 3 is 2.83 bits per heavy atom. The summed E-state index contributed by atoms with van der Waals surface area (Å²) in [6, 6.07) is 7.49. The first kappa shape index (κ1) is 13.1. The Morgan fingerprint density at radius 1 is 1.44 bits per heavy atom. The lowest BCUT2D eigenvalue weighted by Crippen LogP contribution is -2.42. The van der Waals surface area contributed by atoms with Crippen molar-refractivity contribution in [3.05, 3.63) is 34.3 Å². The van der Waals surface area contributed by atoms with Gasteiger partial charge in [-0.05, 0) is 30.5 Å². The lowest BCUT2D eigenvalue weighted by atomic mass is 10.2. The predicted octanol–water partition coefficient (Wildman–Crippen LogP) is 1.69. The number of rotatable bonds is 4. The molecular weight excluding hydrogens is 296 g/mol. The fourth-order valence-corrected chi connectivity index (χ4v) is 2.37. The molecule has 0 saturated carbocycles. The first-order chi connectivity index (χ1) is 8.70. The Hall–Kier alpha value is -1.36. The summed E-state index contributed by atoms with van der Waals surface area (Å²) >= 11 is 3.36. The van der Waals surface area contributed by atoms with Crippen molar-refractivity contribution in [2.75, 3.05) is 6.54 Å². The van der Waals surface area contributed by atoms with E-state index >= 15 is 0 Å². The van der Waals surface area contributed by atoms with E-state index in [0.29, 0.717) is 13.1 Å². The van der Waals surface area contributed by atoms with Crippen LogP contribution in [0.2, 0.25) is 0 Å². The van der Waals surface area contributed by atoms with Crippen LogP contribution in [0.3, 0.4) is 0 Å². The van der Waals surface area contributed by atoms with Crippen molar-refractivity contribution >= 4 is 28.2 Å². The second kappa shape index (κ2) is 6.00. The van der Waals surface area contributed by atoms with Gasteiger partial charge in [0.1, 0.15) is 6.04 Å². The summed E-state index contributed by atoms with van der Waals surface area (Å²) in [4.78, 5) is 24.3. The average Bonchev–Trinajstić information content (AvgIpc) is 2.86. The standard InChI is InChI=1S/C13H15BrN2O2/c14-11-5-3-10(4-6-11)8-15-13(18)12-2-1-7-16(12)9-17/h3-6,9,12H,1-2,7-8H2,(H,15,18). The van der Waals surface area contributed by atoms with Gasteiger partial charge in [0, 0.05) is 17.6 Å². The minimum absolute atomic E-state index is 0.0671. The summed E-state index contributed by atoms with van der Waals surface area (Å²) in [6.45, 7) is 1.18. The van der Waals surface area contributed by atoms with Gasteiger partial charge in [-0.1, -0.05) is 28.1 Å². The molecule has 0 radical (unpaired) electrons. The van der Waals surface area contributed by atoms with E-state index in [1.165, 1.54) is 0 Å². The van der Waals surface area contributed by atoms with Gasteiger partial charge in [-0.15, -0.1) is 0 Å². The maximum absolute atomic E-state index is 11.9. The van der Waals surface area contributed by atoms with Crippen molar-refractivity contribution in [2.24, 2.45) is 0 Å². The zero-order valence-corrected chi connectivity index (χ0v) is 11.5. The predicted molar refractivity (Wildman–Crippen MR) is 71.8 cm³/mol. The highest BCUT2D eigenvalue weighted by atomic mass is 79.9. The molecular formula is C13H15BrN2O2. The summed E-state index contributed by atoms with van der Waals surface area (Å²) < 4.78 is 1.01. The first-order valence-electron chi connectivity index (χ1n) is 5.94. The Balaban J connectivity index is 1.88. The second-order valence-electron chi connectivity index (χ2n) is 4.35. The second-order valence-corrected chi connectivity index (χ2v) is 5.26. The fraction of sp³-hybridized carbons (Fsp3) is 0.385. The molecule has 18 heavy (non-hydrogen) atoms. The van der Waals surface area contributed by atoms with Crippen molar-refractivity contribution < 1.29 is 9.59 Å². The molecule has 1 heterocycles. The summed E-state index contributed by atoms with van der Waals surface area (Å²) in [5.74, 6) is -0.0671. The van der Waals surface area contributed by atoms with Gasteiger partial charge < -0.3 is 10.2 Å². The molecule has 1 aromatic carbocycles. The van der Waals surface area contributed by atoms with Crippen LogP contribution in [0.5, 0.6) is 0 Å². The molecule has 0 spiro atoms. The molecule has 1 N–H and O–H groups in total. The number of carbonyl (C=O) groups excluding carboxylic acids is 2. The molecule has 2 rings (SSSR count). The molecule has 5 heteroatoms. The van der Waals surface area contributed by atoms with Crippen molar-refractivity contribution in [1.29, 1.82) is 0 Å². The average molecular weight is 311 g/mol. The summed E-state index contributed by atoms with van der Waals surface area (Å²) in [6.07, 6.45) is 2.41. The maximum atomic E-state index is 11.9. The lowest BCUT2D eigenvalue weighted by molar-refractivity contribution is -0.131. The Kier molecular flexibility index (Phi) is 4.36. The Labute approximate surface area is 114 Å². The Morgan fingerprint density at radius 2 is 2.17 bits per heavy atom. The van der Waals surface area contributed by atoms with E-state index in [9.17, 15) is 9.59 Å². The molecule has 1 aromatic rings. The van der Waals surface area contributed by atoms with Crippen molar-refractivity contribution in [3.8, 4) is 0 Å². The number of hydrogen-bond acceptors (Lipinski definition) is 2. The van der Waals surface area contributed by atoms with E-state index in [-0.39, 0.29) is 11.9 Å². The SMILES string of the molecule is O=CN1CCCC1C(=O)NCc1ccc(Br)cc1. The smallest absolute Gasteiger partial charge is 0.243 e. The number of amides is 2. The minimum Gasteiger partial charge on any atom is -0.350 e. The van der Waals surface area contributed by atoms with Crippen LogP contribution in [-0.2, 0) is 16.1 Å². The van der Waals surface area contributed by atoms with Gasteiger partial charge in [0.15, 0.2) is 0 Å². The van der Waals surface area contributed by atoms with Gasteiger partial charge in [-0.3, -0.25) is 9.59 Å². The molecule has 1 aliphatic heterocycles. The van der Waals surface area contributed by atoms with E-state index in [1.807, 2.05) is 24.3 Å². The molecule has 2 amide bonds. The van der Waals surface area contributed by atoms with Crippen LogP contribution in [0.15, 0.2) is 28.7 Å². The van der Waals surface area contributed by atoms with E-state index in [2.05, 4.69) is 21.2 Å². The van der Waals surface area contributed by atoms with Crippen molar-refractivity contribution in [3.63, 3.8) is 0 Å². The fourth-order valence-electron chi connectivity index (χ4n) is 2.11. The van der Waals surface area contributed by atoms with Gasteiger partial charge in [-0.25, -0.2) is 0 Å². The van der Waals surface area contributed by atoms with Crippen LogP contribution in [0, 0.1) is 0 Å². The van der Waals surface area contributed by atoms with Crippen molar-refractivity contribution in [2.45, 2.75) is 25.4 Å². The molecule has 4 nitrogen and oxygen atoms in total. The lowest BCUT2D eigenvalue weighted by Gasteiger charge is -2.19. The molecule has 0 bridgehead atoms. The molecule has 0 aliphatic carbocycles. The van der Waals surface area contributed by atoms with E-state index in [1.54, 1.807) is 4.90 Å². The van der Waals surface area contributed by atoms with E-state index < -0.39 is 0 Å². The van der Waals surface area contributed by atoms with Crippen LogP contribution in [-0.4, -0.2) is 29.8 Å². The van der Waals surface area contributed by atoms with Crippen LogP contribution < -0.4 is 5.32 Å². The van der Waals surface area contributed by atoms with Gasteiger partial charge in [0.2, 0.25) is 12.3 Å². The monoisotopic (exact) mass is 310 g/mol. The highest BCUT2D eigenvalue weighted by molar-refractivity contribution is 9.10. The van der Waals surface area contributed by atoms with Crippen LogP contribution in [0.1, 0.15) is 18.4 Å². The summed E-state index contributed by atoms with van der Waals surface area (Å²) in [7, 11) is 0. The number of benzene rings is 1. The number of likely N-dealkylation sites (tertiary alicyclic amines) is 1. The largest absolute Gasteiger partial charge is 0.350 e. The summed E-state index contributed by atoms with van der Waals surface area (Å²) in [5, 5.41) is 2.87. The topological polar surface area (TPSA) is 49.4 Å². The molecule has 1 atom stereocenters. The number of carbonyl (C=O) groups is 2. The molecule has 1 saturated heterocycles. The third kappa shape index (κ3) is 3.10. The number of halogens is 1. The normalized spacial score (nSPS) is 18.7. The van der Waals surface area contributed by atoms with Gasteiger partial charge in [0.05, 0.1) is 0 Å². The van der Waals surface area contributed by atoms with E-state index in [4.69, 9.17) is 0 Å². The third-order valence-corrected chi connectivity index (χ3v) is 3.64. The molecule has 0 aromatic heterocycles. The van der Waals surface area contributed by atoms with E-state index in [0.717, 1.165) is 29.3 Å². The van der Waals surface area contributed by atoms with Gasteiger partial charge >= 0.3 is 0 Å². The minimum atomic E-state index is -0.294. The van der Waals surface area contributed by atoms with Gasteiger partial charge in [-0.2, -0.15) is 0 Å². The number of hydrogen-bond donors (Lipinski definition) is 1. The summed E-state index contributed by atoms with van der Waals surface area (Å²) in [5.41, 5.74) is 1.04. The molecule has 1 fully saturated rings.